The van der Waals surface area contributed by atoms with Crippen LogP contribution in [-0.2, 0) is 0 Å². The number of rotatable bonds is 1. The molecule has 0 aromatic carbocycles. The molecule has 0 aliphatic rings. The predicted molar refractivity (Wildman–Crippen MR) is 14.7 cm³/mol. The van der Waals surface area contributed by atoms with Crippen LogP contribution in [0.1, 0.15) is 0 Å². The summed E-state index contributed by atoms with van der Waals surface area (Å²) in [5.41, 5.74) is 5.96. The second-order valence-corrected chi connectivity index (χ2v) is 0.589. The summed E-state index contributed by atoms with van der Waals surface area (Å²) in [6.45, 7) is 0. The van der Waals surface area contributed by atoms with Crippen LogP contribution in [0, 0.1) is 5.53 Å². The van der Waals surface area contributed by atoms with Crippen molar-refractivity contribution in [3.63, 3.8) is 0 Å². The minimum atomic E-state index is 0.417. The lowest BCUT2D eigenvalue weighted by atomic mass is 11.5. The molecule has 0 rings (SSSR count). The Morgan fingerprint density at radius 2 is 2.20 bits per heavy atom. The molecule has 0 saturated heterocycles. The summed E-state index contributed by atoms with van der Waals surface area (Å²) < 4.78 is 0. The van der Waals surface area contributed by atoms with Gasteiger partial charge in [0.1, 0.15) is 0 Å². The number of nitrogens with one attached hydrogen (secondary N) is 1. The molecule has 0 spiro atoms. The fraction of sp³-hybridized carbons (Fsp3) is 1.00. The van der Waals surface area contributed by atoms with Gasteiger partial charge in [0, 0.05) is 0 Å². The highest BCUT2D eigenvalue weighted by Crippen LogP contribution is 1.63. The van der Waals surface area contributed by atoms with E-state index < -0.39 is 0 Å². The van der Waals surface area contributed by atoms with Gasteiger partial charge in [-0.05, 0) is 0 Å². The van der Waals surface area contributed by atoms with Crippen LogP contribution in [0.25, 0.3) is 0 Å². The van der Waals surface area contributed by atoms with Crippen LogP contribution < -0.4 is 0 Å². The Bertz CT molecular complexity index is 33.9. The van der Waals surface area contributed by atoms with Gasteiger partial charge >= 0.3 is 0 Å². The Morgan fingerprint density at radius 1 is 2.00 bits per heavy atom. The van der Waals surface area contributed by atoms with Crippen LogP contribution in [0.3, 0.4) is 0 Å². The fourth-order valence-electron chi connectivity index (χ4n) is 0. The quantitative estimate of drug-likeness (QED) is 0.346. The second-order valence-electron chi connectivity index (χ2n) is 0.589. The molecule has 0 aromatic rings. The predicted octanol–water partition coefficient (Wildman–Crippen LogP) is 0.253. The highest BCUT2D eigenvalue weighted by Gasteiger charge is 1.67. The minimum absolute atomic E-state index is 0.417. The summed E-state index contributed by atoms with van der Waals surface area (Å²) in [5, 5.41) is 10.8. The second kappa shape index (κ2) is 1.66. The summed E-state index contributed by atoms with van der Waals surface area (Å²) in [6.07, 6.45) is 0. The molecule has 30 valence electrons. The molecule has 0 aromatic heterocycles. The average Bonchev–Trinajstić information content (AvgIpc) is 1.38. The highest BCUT2D eigenvalue weighted by atomic mass is 16.5. The van der Waals surface area contributed by atoms with Crippen molar-refractivity contribution >= 4 is 0 Å². The van der Waals surface area contributed by atoms with Crippen LogP contribution in [0.5, 0.6) is 0 Å². The molecule has 0 radical (unpaired) electrons. The van der Waals surface area contributed by atoms with Gasteiger partial charge < -0.3 is 0 Å². The van der Waals surface area contributed by atoms with Gasteiger partial charge in [0.15, 0.2) is 0 Å². The molecular weight excluding hydrogens is 70.0 g/mol. The van der Waals surface area contributed by atoms with Crippen LogP contribution >= 0.6 is 0 Å². The molecular formula is CH5N3O. The van der Waals surface area contributed by atoms with Crippen molar-refractivity contribution < 1.29 is 5.21 Å². The molecule has 0 bridgehead atoms. The molecule has 4 heteroatoms. The summed E-state index contributed by atoms with van der Waals surface area (Å²) in [5.74, 6) is 0. The van der Waals surface area contributed by atoms with Crippen molar-refractivity contribution in [3.8, 4) is 0 Å². The molecule has 0 amide bonds. The van der Waals surface area contributed by atoms with Gasteiger partial charge in [-0.2, -0.15) is 10.7 Å². The van der Waals surface area contributed by atoms with Crippen LogP contribution in [0.4, 0.5) is 0 Å². The lowest BCUT2D eigenvalue weighted by molar-refractivity contribution is -0.0745. The van der Waals surface area contributed by atoms with E-state index in [0.29, 0.717) is 5.17 Å². The van der Waals surface area contributed by atoms with Gasteiger partial charge in [0.05, 0.1) is 7.05 Å². The molecule has 0 saturated carbocycles. The SMILES string of the molecule is CN(O)N=N. The highest BCUT2D eigenvalue weighted by molar-refractivity contribution is 3.88. The van der Waals surface area contributed by atoms with E-state index in [2.05, 4.69) is 5.22 Å². The Kier molecular flexibility index (Phi) is 1.45. The van der Waals surface area contributed by atoms with E-state index in [1.54, 1.807) is 0 Å². The zero-order valence-corrected chi connectivity index (χ0v) is 2.84. The molecule has 0 heterocycles. The van der Waals surface area contributed by atoms with Gasteiger partial charge in [-0.1, -0.05) is 5.22 Å². The van der Waals surface area contributed by atoms with Crippen molar-refractivity contribution in [1.82, 2.24) is 5.17 Å². The summed E-state index contributed by atoms with van der Waals surface area (Å²) >= 11 is 0. The van der Waals surface area contributed by atoms with E-state index in [9.17, 15) is 0 Å². The first-order valence-electron chi connectivity index (χ1n) is 1.07. The third kappa shape index (κ3) is 3.36. The maximum atomic E-state index is 7.84. The van der Waals surface area contributed by atoms with E-state index in [1.165, 1.54) is 7.05 Å². The van der Waals surface area contributed by atoms with Crippen molar-refractivity contribution in [2.24, 2.45) is 5.22 Å². The summed E-state index contributed by atoms with van der Waals surface area (Å²) in [4.78, 5) is 0. The van der Waals surface area contributed by atoms with Gasteiger partial charge in [-0.25, -0.2) is 0 Å². The van der Waals surface area contributed by atoms with E-state index in [1.807, 2.05) is 0 Å². The van der Waals surface area contributed by atoms with E-state index in [4.69, 9.17) is 10.7 Å². The van der Waals surface area contributed by atoms with Gasteiger partial charge in [0.2, 0.25) is 0 Å². The van der Waals surface area contributed by atoms with Gasteiger partial charge in [-0.15, -0.1) is 0 Å². The Balaban J connectivity index is 2.83. The largest absolute Gasteiger partial charge is 0.271 e. The maximum absolute atomic E-state index is 7.84. The average molecular weight is 75.1 g/mol. The zero-order valence-electron chi connectivity index (χ0n) is 2.84. The molecule has 5 heavy (non-hydrogen) atoms. The van der Waals surface area contributed by atoms with Crippen LogP contribution in [-0.4, -0.2) is 17.4 Å². The molecule has 0 aliphatic carbocycles. The maximum Gasteiger partial charge on any atom is 0.0552 e. The Labute approximate surface area is 29.5 Å². The first-order chi connectivity index (χ1) is 2.27. The topological polar surface area (TPSA) is 59.7 Å². The molecule has 0 aliphatic heterocycles. The van der Waals surface area contributed by atoms with Crippen LogP contribution in [0.2, 0.25) is 0 Å². The van der Waals surface area contributed by atoms with Crippen molar-refractivity contribution in [2.45, 2.75) is 0 Å². The van der Waals surface area contributed by atoms with E-state index >= 15 is 0 Å². The lowest BCUT2D eigenvalue weighted by Gasteiger charge is -1.91. The fourth-order valence-corrected chi connectivity index (χ4v) is 0. The Morgan fingerprint density at radius 3 is 2.20 bits per heavy atom. The standard InChI is InChI=1S/CH5N3O/c1-4(5)3-2/h2,5H,1H3. The van der Waals surface area contributed by atoms with E-state index in [0.717, 1.165) is 0 Å². The molecule has 0 unspecified atom stereocenters. The monoisotopic (exact) mass is 75.0 g/mol. The summed E-state index contributed by atoms with van der Waals surface area (Å²) in [7, 11) is 1.26. The molecule has 2 N–H and O–H groups in total. The number of nitrogens with zero attached hydrogens (tertiary/aromatic N) is 2. The molecule has 4 nitrogen and oxygen atoms in total. The summed E-state index contributed by atoms with van der Waals surface area (Å²) in [6, 6.07) is 0. The Hall–Kier alpha value is -0.640. The third-order valence-corrected chi connectivity index (χ3v) is 0.145. The normalized spacial score (nSPS) is 6.80. The van der Waals surface area contributed by atoms with Crippen LogP contribution in [0.15, 0.2) is 5.22 Å². The number of hydrogen-bond acceptors (Lipinski definition) is 3. The smallest absolute Gasteiger partial charge is 0.0552 e. The van der Waals surface area contributed by atoms with Crippen molar-refractivity contribution in [1.29, 1.82) is 5.53 Å². The van der Waals surface area contributed by atoms with Gasteiger partial charge in [-0.3, -0.25) is 5.21 Å². The van der Waals surface area contributed by atoms with Gasteiger partial charge in [0.25, 0.3) is 0 Å². The molecule has 0 fully saturated rings. The minimum Gasteiger partial charge on any atom is -0.271 e. The molecule has 0 atom stereocenters. The van der Waals surface area contributed by atoms with Crippen molar-refractivity contribution in [3.05, 3.63) is 0 Å². The van der Waals surface area contributed by atoms with E-state index in [-0.39, 0.29) is 0 Å². The third-order valence-electron chi connectivity index (χ3n) is 0.145. The zero-order chi connectivity index (χ0) is 4.28. The number of hydrogen-bond donors (Lipinski definition) is 2. The van der Waals surface area contributed by atoms with Crippen molar-refractivity contribution in [2.75, 3.05) is 7.05 Å². The lowest BCUT2D eigenvalue weighted by Crippen LogP contribution is -1.99. The first kappa shape index (κ1) is 4.36. The number of hydroxylamine groups is 1. The first-order valence-corrected chi connectivity index (χ1v) is 1.07.